The van der Waals surface area contributed by atoms with E-state index in [0.29, 0.717) is 38.8 Å². The molecular weight excluding hydrogens is 855 g/mol. The molecule has 0 rings (SSSR count). The van der Waals surface area contributed by atoms with Crippen LogP contribution in [0.2, 0.25) is 0 Å². The maximum absolute atomic E-state index is 12.8. The first kappa shape index (κ1) is 63.8. The fourth-order valence-corrected chi connectivity index (χ4v) is 7.56. The summed E-state index contributed by atoms with van der Waals surface area (Å²) in [6, 6.07) is 0. The van der Waals surface area contributed by atoms with Gasteiger partial charge in [-0.15, -0.1) is 0 Å². The highest BCUT2D eigenvalue weighted by atomic mass is 16.6. The highest BCUT2D eigenvalue weighted by Gasteiger charge is 2.21. The molecule has 0 aliphatic carbocycles. The molecule has 392 valence electrons. The molecule has 0 amide bonds. The van der Waals surface area contributed by atoms with Gasteiger partial charge in [-0.05, 0) is 25.7 Å². The van der Waals surface area contributed by atoms with Gasteiger partial charge in [0.25, 0.3) is 0 Å². The largest absolute Gasteiger partial charge is 0.465 e. The van der Waals surface area contributed by atoms with Gasteiger partial charge in [0.05, 0.1) is 39.3 Å². The van der Waals surface area contributed by atoms with Crippen molar-refractivity contribution in [2.75, 3.05) is 52.7 Å². The van der Waals surface area contributed by atoms with Gasteiger partial charge in [0.2, 0.25) is 0 Å². The molecule has 0 aromatic carbocycles. The van der Waals surface area contributed by atoms with Crippen LogP contribution in [0.1, 0.15) is 246 Å². The molecule has 0 heterocycles. The molecule has 0 radical (unpaired) electrons. The highest BCUT2D eigenvalue weighted by Crippen LogP contribution is 2.15. The van der Waals surface area contributed by atoms with E-state index in [2.05, 4.69) is 33.0 Å². The van der Waals surface area contributed by atoms with Gasteiger partial charge in [-0.1, -0.05) is 182 Å². The number of carbonyl (C=O) groups is 6. The molecule has 0 atom stereocenters. The van der Waals surface area contributed by atoms with Crippen LogP contribution in [0.3, 0.4) is 0 Å². The third-order valence-corrected chi connectivity index (χ3v) is 11.9. The zero-order valence-electron chi connectivity index (χ0n) is 43.3. The first-order valence-corrected chi connectivity index (χ1v) is 27.3. The van der Waals surface area contributed by atoms with Crippen LogP contribution >= 0.6 is 0 Å². The molecule has 0 aliphatic rings. The average molecular weight is 954 g/mol. The molecular formula is C54H99NO12. The summed E-state index contributed by atoms with van der Waals surface area (Å²) in [6.07, 6.45) is 31.6. The minimum absolute atomic E-state index is 0.0387. The van der Waals surface area contributed by atoms with E-state index in [9.17, 15) is 28.8 Å². The molecule has 67 heavy (non-hydrogen) atoms. The van der Waals surface area contributed by atoms with E-state index in [0.717, 1.165) is 77.0 Å². The van der Waals surface area contributed by atoms with E-state index in [1.165, 1.54) is 103 Å². The van der Waals surface area contributed by atoms with Crippen LogP contribution in [0, 0.1) is 11.8 Å². The summed E-state index contributed by atoms with van der Waals surface area (Å²) in [7, 11) is 0. The number of carbonyl (C=O) groups excluding carboxylic acids is 6. The van der Waals surface area contributed by atoms with Gasteiger partial charge >= 0.3 is 35.8 Å². The third kappa shape index (κ3) is 46.3. The molecule has 0 saturated heterocycles. The highest BCUT2D eigenvalue weighted by molar-refractivity contribution is 5.72. The minimum Gasteiger partial charge on any atom is -0.465 e. The molecule has 0 fully saturated rings. The second-order valence-electron chi connectivity index (χ2n) is 18.5. The Balaban J connectivity index is 4.81. The lowest BCUT2D eigenvalue weighted by atomic mass is 10.1. The molecule has 0 unspecified atom stereocenters. The molecule has 13 nitrogen and oxygen atoms in total. The van der Waals surface area contributed by atoms with Gasteiger partial charge in [-0.3, -0.25) is 28.8 Å². The van der Waals surface area contributed by atoms with Crippen LogP contribution < -0.4 is 5.32 Å². The Hall–Kier alpha value is -3.22. The Bertz CT molecular complexity index is 1060. The normalized spacial score (nSPS) is 11.2. The second kappa shape index (κ2) is 49.2. The maximum Gasteiger partial charge on any atom is 0.306 e. The number of esters is 6. The second-order valence-corrected chi connectivity index (χ2v) is 18.5. The van der Waals surface area contributed by atoms with Crippen molar-refractivity contribution in [2.45, 2.75) is 246 Å². The summed E-state index contributed by atoms with van der Waals surface area (Å²) in [5.41, 5.74) is 0. The summed E-state index contributed by atoms with van der Waals surface area (Å²) in [5.74, 6) is -3.34. The maximum atomic E-state index is 12.8. The summed E-state index contributed by atoms with van der Waals surface area (Å²) in [5, 5.41) is 3.08. The Morgan fingerprint density at radius 1 is 0.299 bits per heavy atom. The quantitative estimate of drug-likeness (QED) is 0.0347. The fourth-order valence-electron chi connectivity index (χ4n) is 7.56. The molecule has 0 aromatic rings. The molecule has 0 saturated carbocycles. The molecule has 0 aliphatic heterocycles. The number of hydrogen-bond acceptors (Lipinski definition) is 13. The summed E-state index contributed by atoms with van der Waals surface area (Å²) in [4.78, 5) is 75.6. The molecule has 13 heteroatoms. The lowest BCUT2D eigenvalue weighted by Crippen LogP contribution is -2.28. The van der Waals surface area contributed by atoms with Gasteiger partial charge in [-0.25, -0.2) is 0 Å². The predicted octanol–water partition coefficient (Wildman–Crippen LogP) is 12.4. The first-order valence-electron chi connectivity index (χ1n) is 27.3. The third-order valence-electron chi connectivity index (χ3n) is 11.9. The lowest BCUT2D eigenvalue weighted by molar-refractivity contribution is -0.154. The molecule has 0 spiro atoms. The fraction of sp³-hybridized carbons (Fsp3) is 0.889. The number of ether oxygens (including phenoxy) is 6. The van der Waals surface area contributed by atoms with E-state index >= 15 is 0 Å². The molecule has 1 N–H and O–H groups in total. The van der Waals surface area contributed by atoms with E-state index < -0.39 is 23.8 Å². The van der Waals surface area contributed by atoms with Crippen LogP contribution in [-0.2, 0) is 57.2 Å². The monoisotopic (exact) mass is 954 g/mol. The Kier molecular flexibility index (Phi) is 46.8. The van der Waals surface area contributed by atoms with E-state index in [-0.39, 0.29) is 76.4 Å². The smallest absolute Gasteiger partial charge is 0.306 e. The van der Waals surface area contributed by atoms with Crippen molar-refractivity contribution in [3.8, 4) is 0 Å². The van der Waals surface area contributed by atoms with Gasteiger partial charge in [0.1, 0.15) is 13.2 Å². The molecule has 0 aromatic heterocycles. The number of nitrogens with one attached hydrogen (secondary N) is 1. The van der Waals surface area contributed by atoms with Crippen molar-refractivity contribution in [2.24, 2.45) is 11.8 Å². The number of hydrogen-bond donors (Lipinski definition) is 1. The van der Waals surface area contributed by atoms with Crippen LogP contribution in [0.25, 0.3) is 0 Å². The van der Waals surface area contributed by atoms with Gasteiger partial charge in [-0.2, -0.15) is 0 Å². The van der Waals surface area contributed by atoms with Crippen molar-refractivity contribution in [3.63, 3.8) is 0 Å². The predicted molar refractivity (Wildman–Crippen MR) is 265 cm³/mol. The van der Waals surface area contributed by atoms with Gasteiger partial charge in [0, 0.05) is 50.6 Å². The zero-order valence-corrected chi connectivity index (χ0v) is 43.3. The Morgan fingerprint density at radius 3 is 0.761 bits per heavy atom. The van der Waals surface area contributed by atoms with Crippen LogP contribution in [0.4, 0.5) is 0 Å². The topological polar surface area (TPSA) is 170 Å². The SMILES string of the molecule is CCCCCCCCCC(=O)OCC(COC(=O)CCCCCCCCC)CC(=O)OCCNCCOC(=O)CC(COC(=O)CCCCCCCCC)COC(=O)CCCCCCCCC. The van der Waals surface area contributed by atoms with E-state index in [4.69, 9.17) is 28.4 Å². The Morgan fingerprint density at radius 2 is 0.522 bits per heavy atom. The molecule has 0 bridgehead atoms. The van der Waals surface area contributed by atoms with Crippen molar-refractivity contribution < 1.29 is 57.2 Å². The van der Waals surface area contributed by atoms with Crippen LogP contribution in [-0.4, -0.2) is 88.5 Å². The summed E-state index contributed by atoms with van der Waals surface area (Å²) < 4.78 is 32.9. The van der Waals surface area contributed by atoms with Crippen molar-refractivity contribution in [3.05, 3.63) is 0 Å². The van der Waals surface area contributed by atoms with Gasteiger partial charge < -0.3 is 33.7 Å². The van der Waals surface area contributed by atoms with Crippen molar-refractivity contribution in [1.82, 2.24) is 5.32 Å². The Labute approximate surface area is 407 Å². The zero-order chi connectivity index (χ0) is 49.3. The van der Waals surface area contributed by atoms with Crippen molar-refractivity contribution >= 4 is 35.8 Å². The lowest BCUT2D eigenvalue weighted by Gasteiger charge is -2.17. The van der Waals surface area contributed by atoms with Crippen LogP contribution in [0.15, 0.2) is 0 Å². The summed E-state index contributed by atoms with van der Waals surface area (Å²) >= 11 is 0. The standard InChI is InChI=1S/C54H99NO12/c1-5-9-13-17-21-25-29-33-49(56)64-43-47(44-65-50(57)34-30-26-22-18-14-10-6-2)41-53(60)62-39-37-55-38-40-63-54(61)42-48(45-66-51(58)35-31-27-23-19-15-11-7-3)46-67-52(59)36-32-28-24-20-16-12-8-4/h47-48,55H,5-46H2,1-4H3. The minimum atomic E-state index is -0.526. The van der Waals surface area contributed by atoms with Crippen molar-refractivity contribution in [1.29, 1.82) is 0 Å². The first-order chi connectivity index (χ1) is 32.6. The number of rotatable bonds is 50. The average Bonchev–Trinajstić information content (AvgIpc) is 3.31. The number of unbranched alkanes of at least 4 members (excludes halogenated alkanes) is 24. The van der Waals surface area contributed by atoms with Gasteiger partial charge in [0.15, 0.2) is 0 Å². The van der Waals surface area contributed by atoms with Crippen LogP contribution in [0.5, 0.6) is 0 Å². The van der Waals surface area contributed by atoms with E-state index in [1.807, 2.05) is 0 Å². The summed E-state index contributed by atoms with van der Waals surface area (Å²) in [6.45, 7) is 9.32. The van der Waals surface area contributed by atoms with E-state index in [1.54, 1.807) is 0 Å².